The summed E-state index contributed by atoms with van der Waals surface area (Å²) >= 11 is 0. The zero-order chi connectivity index (χ0) is 22.5. The molecule has 3 aromatic carbocycles. The first-order valence-corrected chi connectivity index (χ1v) is 12.4. The van der Waals surface area contributed by atoms with Crippen LogP contribution in [-0.4, -0.2) is 21.4 Å². The average Bonchev–Trinajstić information content (AvgIpc) is 2.82. The lowest BCUT2D eigenvalue weighted by molar-refractivity contribution is 0.0936. The summed E-state index contributed by atoms with van der Waals surface area (Å²) in [5, 5.41) is 3.99. The van der Waals surface area contributed by atoms with Crippen LogP contribution in [0.15, 0.2) is 84.9 Å². The maximum Gasteiger partial charge on any atom is 0.252 e. The van der Waals surface area contributed by atoms with Crippen LogP contribution in [0.4, 0.5) is 0 Å². The van der Waals surface area contributed by atoms with E-state index in [0.29, 0.717) is 11.3 Å². The number of carbonyl (C=O) groups is 1. The molecule has 0 aliphatic heterocycles. The molecule has 1 heterocycles. The van der Waals surface area contributed by atoms with Crippen molar-refractivity contribution in [1.29, 1.82) is 0 Å². The number of aromatic nitrogens is 1. The van der Waals surface area contributed by atoms with Crippen molar-refractivity contribution in [2.45, 2.75) is 25.1 Å². The molecule has 0 fully saturated rings. The van der Waals surface area contributed by atoms with E-state index in [0.717, 1.165) is 34.0 Å². The van der Waals surface area contributed by atoms with E-state index < -0.39 is 10.8 Å². The molecular weight excluding hydrogens is 416 g/mol. The maximum atomic E-state index is 13.7. The van der Waals surface area contributed by atoms with Crippen LogP contribution in [0.5, 0.6) is 0 Å². The molecule has 5 heteroatoms. The van der Waals surface area contributed by atoms with Gasteiger partial charge in [0.1, 0.15) is 0 Å². The number of benzene rings is 3. The molecule has 1 aromatic heterocycles. The normalized spacial score (nSPS) is 12.9. The zero-order valence-electron chi connectivity index (χ0n) is 18.2. The van der Waals surface area contributed by atoms with Crippen LogP contribution in [0.25, 0.3) is 22.2 Å². The van der Waals surface area contributed by atoms with Crippen molar-refractivity contribution in [3.8, 4) is 11.3 Å². The molecule has 0 aliphatic carbocycles. The van der Waals surface area contributed by atoms with Gasteiger partial charge in [-0.1, -0.05) is 85.8 Å². The molecule has 4 rings (SSSR count). The van der Waals surface area contributed by atoms with Gasteiger partial charge in [0, 0.05) is 33.6 Å². The Morgan fingerprint density at radius 3 is 2.22 bits per heavy atom. The van der Waals surface area contributed by atoms with Crippen LogP contribution in [0.2, 0.25) is 0 Å². The smallest absolute Gasteiger partial charge is 0.252 e. The molecule has 0 saturated carbocycles. The van der Waals surface area contributed by atoms with Crippen molar-refractivity contribution in [1.82, 2.24) is 10.3 Å². The molecule has 0 spiro atoms. The van der Waals surface area contributed by atoms with Crippen molar-refractivity contribution in [3.63, 3.8) is 0 Å². The highest BCUT2D eigenvalue weighted by atomic mass is 32.2. The predicted octanol–water partition coefficient (Wildman–Crippen LogP) is 5.66. The summed E-state index contributed by atoms with van der Waals surface area (Å²) < 4.78 is 12.4. The van der Waals surface area contributed by atoms with Crippen LogP contribution in [0, 0.1) is 0 Å². The molecule has 0 unspecified atom stereocenters. The average molecular weight is 443 g/mol. The lowest BCUT2D eigenvalue weighted by atomic mass is 9.96. The molecule has 162 valence electrons. The lowest BCUT2D eigenvalue weighted by Gasteiger charge is -2.21. The molecule has 0 aliphatic rings. The Hall–Kier alpha value is -3.31. The van der Waals surface area contributed by atoms with E-state index in [1.807, 2.05) is 84.9 Å². The third-order valence-electron chi connectivity index (χ3n) is 5.53. The summed E-state index contributed by atoms with van der Waals surface area (Å²) in [5.74, 6) is 0.0874. The first-order valence-electron chi connectivity index (χ1n) is 10.7. The fourth-order valence-corrected chi connectivity index (χ4v) is 4.71. The summed E-state index contributed by atoms with van der Waals surface area (Å²) in [4.78, 5) is 18.6. The fraction of sp³-hybridized carbons (Fsp3) is 0.185. The monoisotopic (exact) mass is 442 g/mol. The summed E-state index contributed by atoms with van der Waals surface area (Å²) in [6, 6.07) is 27.3. The molecular formula is C27H26N2O2S. The Morgan fingerprint density at radius 2 is 1.56 bits per heavy atom. The first-order chi connectivity index (χ1) is 15.6. The first kappa shape index (κ1) is 21.9. The number of hydrogen-bond donors (Lipinski definition) is 1. The summed E-state index contributed by atoms with van der Waals surface area (Å²) in [6.07, 6.45) is 2.42. The largest absolute Gasteiger partial charge is 0.345 e. The SMILES string of the molecule is CC[C@H](NC(=O)c1c(C[S@@](C)=O)c(-c2ccccc2)nc2ccccc12)c1ccccc1. The molecule has 2 atom stereocenters. The van der Waals surface area contributed by atoms with Gasteiger partial charge in [0.05, 0.1) is 28.6 Å². The molecule has 32 heavy (non-hydrogen) atoms. The molecule has 4 aromatic rings. The van der Waals surface area contributed by atoms with Gasteiger partial charge < -0.3 is 5.32 Å². The highest BCUT2D eigenvalue weighted by Gasteiger charge is 2.24. The molecule has 1 amide bonds. The van der Waals surface area contributed by atoms with E-state index in [1.165, 1.54) is 0 Å². The summed E-state index contributed by atoms with van der Waals surface area (Å²) in [7, 11) is -1.14. The topological polar surface area (TPSA) is 59.1 Å². The van der Waals surface area contributed by atoms with Gasteiger partial charge in [-0.3, -0.25) is 9.00 Å². The van der Waals surface area contributed by atoms with Crippen LogP contribution >= 0.6 is 0 Å². The van der Waals surface area contributed by atoms with Crippen molar-refractivity contribution >= 4 is 27.6 Å². The number of nitrogens with zero attached hydrogens (tertiary/aromatic N) is 1. The second kappa shape index (κ2) is 9.88. The highest BCUT2D eigenvalue weighted by Crippen LogP contribution is 2.32. The second-order valence-corrected chi connectivity index (χ2v) is 9.19. The Balaban J connectivity index is 1.90. The van der Waals surface area contributed by atoms with Gasteiger partial charge in [-0.25, -0.2) is 4.98 Å². The van der Waals surface area contributed by atoms with E-state index in [-0.39, 0.29) is 17.7 Å². The van der Waals surface area contributed by atoms with Gasteiger partial charge in [-0.15, -0.1) is 0 Å². The summed E-state index contributed by atoms with van der Waals surface area (Å²) in [6.45, 7) is 2.06. The minimum Gasteiger partial charge on any atom is -0.345 e. The van der Waals surface area contributed by atoms with Gasteiger partial charge in [-0.05, 0) is 18.1 Å². The van der Waals surface area contributed by atoms with Crippen LogP contribution in [0.3, 0.4) is 0 Å². The van der Waals surface area contributed by atoms with Crippen LogP contribution in [-0.2, 0) is 16.6 Å². The Kier molecular flexibility index (Phi) is 6.76. The number of carbonyl (C=O) groups excluding carboxylic acids is 1. The molecule has 0 saturated heterocycles. The van der Waals surface area contributed by atoms with E-state index in [4.69, 9.17) is 4.98 Å². The Labute approximate surface area is 191 Å². The quantitative estimate of drug-likeness (QED) is 0.402. The number of hydrogen-bond acceptors (Lipinski definition) is 3. The van der Waals surface area contributed by atoms with E-state index in [1.54, 1.807) is 6.26 Å². The molecule has 4 nitrogen and oxygen atoms in total. The van der Waals surface area contributed by atoms with Gasteiger partial charge in [0.25, 0.3) is 5.91 Å². The number of amides is 1. The number of para-hydroxylation sites is 1. The van der Waals surface area contributed by atoms with E-state index in [2.05, 4.69) is 12.2 Å². The molecule has 0 radical (unpaired) electrons. The standard InChI is InChI=1S/C27H26N2O2S/c1-3-23(19-12-6-4-7-13-19)29-27(30)25-21-16-10-11-17-24(21)28-26(22(25)18-32(2)31)20-14-8-5-9-15-20/h4-17,23H,3,18H2,1-2H3,(H,29,30)/t23-,32+/m0/s1. The van der Waals surface area contributed by atoms with Gasteiger partial charge in [0.15, 0.2) is 0 Å². The van der Waals surface area contributed by atoms with Gasteiger partial charge >= 0.3 is 0 Å². The predicted molar refractivity (Wildman–Crippen MR) is 132 cm³/mol. The second-order valence-electron chi connectivity index (χ2n) is 7.76. The number of nitrogens with one attached hydrogen (secondary N) is 1. The van der Waals surface area contributed by atoms with Crippen molar-refractivity contribution in [2.24, 2.45) is 0 Å². The Morgan fingerprint density at radius 1 is 0.938 bits per heavy atom. The van der Waals surface area contributed by atoms with Crippen LogP contribution in [0.1, 0.15) is 40.9 Å². The summed E-state index contributed by atoms with van der Waals surface area (Å²) in [5.41, 5.74) is 4.69. The zero-order valence-corrected chi connectivity index (χ0v) is 19.1. The number of pyridine rings is 1. The lowest BCUT2D eigenvalue weighted by Crippen LogP contribution is -2.29. The van der Waals surface area contributed by atoms with Crippen molar-refractivity contribution < 1.29 is 9.00 Å². The highest BCUT2D eigenvalue weighted by molar-refractivity contribution is 7.83. The number of fused-ring (bicyclic) bond motifs is 1. The fourth-order valence-electron chi connectivity index (χ4n) is 4.03. The molecule has 1 N–H and O–H groups in total. The third-order valence-corrected chi connectivity index (χ3v) is 6.23. The van der Waals surface area contributed by atoms with E-state index >= 15 is 0 Å². The Bertz CT molecular complexity index is 1260. The van der Waals surface area contributed by atoms with Crippen molar-refractivity contribution in [3.05, 3.63) is 102 Å². The number of rotatable bonds is 7. The van der Waals surface area contributed by atoms with Gasteiger partial charge in [0.2, 0.25) is 0 Å². The van der Waals surface area contributed by atoms with Crippen LogP contribution < -0.4 is 5.32 Å². The third kappa shape index (κ3) is 4.63. The minimum atomic E-state index is -1.14. The minimum absolute atomic E-state index is 0.115. The maximum absolute atomic E-state index is 13.7. The van der Waals surface area contributed by atoms with Crippen molar-refractivity contribution in [2.75, 3.05) is 6.26 Å². The molecule has 0 bridgehead atoms. The van der Waals surface area contributed by atoms with Gasteiger partial charge in [-0.2, -0.15) is 0 Å². The van der Waals surface area contributed by atoms with E-state index in [9.17, 15) is 9.00 Å².